The molecule has 1 unspecified atom stereocenters. The average Bonchev–Trinajstić information content (AvgIpc) is 2.25. The monoisotopic (exact) mass is 265 g/mol. The molecule has 0 bridgehead atoms. The first-order valence-electron chi connectivity index (χ1n) is 5.15. The van der Waals surface area contributed by atoms with Gasteiger partial charge in [0.05, 0.1) is 6.04 Å². The molecular weight excluding hydrogens is 250 g/mol. The smallest absolute Gasteiger partial charge is 0.0688 e. The van der Waals surface area contributed by atoms with E-state index >= 15 is 0 Å². The van der Waals surface area contributed by atoms with Gasteiger partial charge in [-0.25, -0.2) is 0 Å². The Morgan fingerprint density at radius 1 is 1.53 bits per heavy atom. The second kappa shape index (κ2) is 5.95. The fraction of sp³-hybridized carbons (Fsp3) is 0.385. The zero-order chi connectivity index (χ0) is 11.3. The Morgan fingerprint density at radius 3 is 2.80 bits per heavy atom. The van der Waals surface area contributed by atoms with Gasteiger partial charge in [-0.15, -0.1) is 6.42 Å². The Morgan fingerprint density at radius 2 is 2.27 bits per heavy atom. The summed E-state index contributed by atoms with van der Waals surface area (Å²) in [5, 5.41) is 3.40. The standard InChI is InChI=1S/C13H16BrN/c1-4-13(5-2)15-10(3)11-7-6-8-12(14)9-11/h1,6-10,13,15H,5H2,2-3H3/t10-,13?/m0/s1. The molecule has 1 nitrogen and oxygen atoms in total. The van der Waals surface area contributed by atoms with Crippen LogP contribution in [0.15, 0.2) is 28.7 Å². The third-order valence-corrected chi connectivity index (χ3v) is 2.90. The van der Waals surface area contributed by atoms with Gasteiger partial charge < -0.3 is 0 Å². The lowest BCUT2D eigenvalue weighted by Gasteiger charge is -2.18. The van der Waals surface area contributed by atoms with E-state index in [1.54, 1.807) is 0 Å². The van der Waals surface area contributed by atoms with Crippen LogP contribution in [0.3, 0.4) is 0 Å². The van der Waals surface area contributed by atoms with Crippen molar-refractivity contribution in [1.82, 2.24) is 5.32 Å². The highest BCUT2D eigenvalue weighted by atomic mass is 79.9. The van der Waals surface area contributed by atoms with Crippen LogP contribution in [0.5, 0.6) is 0 Å². The molecular formula is C13H16BrN. The number of hydrogen-bond acceptors (Lipinski definition) is 1. The van der Waals surface area contributed by atoms with Gasteiger partial charge in [-0.1, -0.05) is 40.9 Å². The van der Waals surface area contributed by atoms with Crippen LogP contribution in [-0.4, -0.2) is 6.04 Å². The van der Waals surface area contributed by atoms with Crippen LogP contribution in [0.4, 0.5) is 0 Å². The third kappa shape index (κ3) is 3.70. The van der Waals surface area contributed by atoms with E-state index in [2.05, 4.69) is 53.1 Å². The van der Waals surface area contributed by atoms with Crippen molar-refractivity contribution in [1.29, 1.82) is 0 Å². The number of halogens is 1. The highest BCUT2D eigenvalue weighted by molar-refractivity contribution is 9.10. The zero-order valence-electron chi connectivity index (χ0n) is 9.13. The molecule has 1 N–H and O–H groups in total. The highest BCUT2D eigenvalue weighted by Crippen LogP contribution is 2.18. The first kappa shape index (κ1) is 12.3. The molecule has 0 radical (unpaired) electrons. The van der Waals surface area contributed by atoms with Gasteiger partial charge in [-0.05, 0) is 31.0 Å². The predicted octanol–water partition coefficient (Wildman–Crippen LogP) is 3.51. The Balaban J connectivity index is 2.69. The molecule has 0 saturated carbocycles. The topological polar surface area (TPSA) is 12.0 Å². The van der Waals surface area contributed by atoms with E-state index in [0.717, 1.165) is 10.9 Å². The van der Waals surface area contributed by atoms with Gasteiger partial charge in [0.15, 0.2) is 0 Å². The van der Waals surface area contributed by atoms with Gasteiger partial charge >= 0.3 is 0 Å². The second-order valence-electron chi connectivity index (χ2n) is 3.57. The molecule has 0 aliphatic heterocycles. The fourth-order valence-electron chi connectivity index (χ4n) is 1.46. The Kier molecular flexibility index (Phi) is 4.87. The Hall–Kier alpha value is -0.780. The normalized spacial score (nSPS) is 14.3. The number of nitrogens with one attached hydrogen (secondary N) is 1. The van der Waals surface area contributed by atoms with Gasteiger partial charge in [-0.2, -0.15) is 0 Å². The molecule has 0 heterocycles. The molecule has 80 valence electrons. The van der Waals surface area contributed by atoms with Crippen molar-refractivity contribution < 1.29 is 0 Å². The molecule has 0 aromatic heterocycles. The van der Waals surface area contributed by atoms with Crippen LogP contribution in [0.1, 0.15) is 31.9 Å². The molecule has 1 aromatic rings. The molecule has 0 saturated heterocycles. The minimum absolute atomic E-state index is 0.152. The summed E-state index contributed by atoms with van der Waals surface area (Å²) in [6.45, 7) is 4.22. The maximum absolute atomic E-state index is 5.42. The van der Waals surface area contributed by atoms with E-state index in [0.29, 0.717) is 0 Å². The molecule has 15 heavy (non-hydrogen) atoms. The van der Waals surface area contributed by atoms with Crippen molar-refractivity contribution in [2.45, 2.75) is 32.4 Å². The largest absolute Gasteiger partial charge is 0.297 e. The van der Waals surface area contributed by atoms with Gasteiger partial charge in [0, 0.05) is 10.5 Å². The van der Waals surface area contributed by atoms with Crippen LogP contribution < -0.4 is 5.32 Å². The summed E-state index contributed by atoms with van der Waals surface area (Å²) in [6, 6.07) is 8.71. The van der Waals surface area contributed by atoms with Gasteiger partial charge in [0.2, 0.25) is 0 Å². The molecule has 1 aromatic carbocycles. The molecule has 0 aliphatic rings. The fourth-order valence-corrected chi connectivity index (χ4v) is 1.87. The zero-order valence-corrected chi connectivity index (χ0v) is 10.7. The summed E-state index contributed by atoms with van der Waals surface area (Å²) in [5.41, 5.74) is 1.25. The van der Waals surface area contributed by atoms with E-state index in [4.69, 9.17) is 6.42 Å². The van der Waals surface area contributed by atoms with Crippen molar-refractivity contribution in [3.8, 4) is 12.3 Å². The molecule has 0 amide bonds. The van der Waals surface area contributed by atoms with E-state index in [-0.39, 0.29) is 12.1 Å². The van der Waals surface area contributed by atoms with Crippen LogP contribution in [0, 0.1) is 12.3 Å². The second-order valence-corrected chi connectivity index (χ2v) is 4.49. The van der Waals surface area contributed by atoms with Crippen LogP contribution in [0.25, 0.3) is 0 Å². The molecule has 0 aliphatic carbocycles. The minimum atomic E-state index is 0.152. The van der Waals surface area contributed by atoms with Crippen molar-refractivity contribution >= 4 is 15.9 Å². The number of rotatable bonds is 4. The third-order valence-electron chi connectivity index (χ3n) is 2.41. The van der Waals surface area contributed by atoms with Crippen molar-refractivity contribution in [2.75, 3.05) is 0 Å². The Bertz CT molecular complexity index is 354. The SMILES string of the molecule is C#CC(CC)N[C@@H](C)c1cccc(Br)c1. The molecule has 1 rings (SSSR count). The Labute approximate surface area is 100 Å². The number of hydrogen-bond donors (Lipinski definition) is 1. The minimum Gasteiger partial charge on any atom is -0.297 e. The summed E-state index contributed by atoms with van der Waals surface area (Å²) in [7, 11) is 0. The summed E-state index contributed by atoms with van der Waals surface area (Å²) in [6.07, 6.45) is 6.37. The summed E-state index contributed by atoms with van der Waals surface area (Å²) >= 11 is 3.46. The summed E-state index contributed by atoms with van der Waals surface area (Å²) in [5.74, 6) is 2.74. The predicted molar refractivity (Wildman–Crippen MR) is 68.6 cm³/mol. The van der Waals surface area contributed by atoms with Gasteiger partial charge in [0.1, 0.15) is 0 Å². The maximum atomic E-state index is 5.42. The van der Waals surface area contributed by atoms with Crippen molar-refractivity contribution in [3.05, 3.63) is 34.3 Å². The van der Waals surface area contributed by atoms with Gasteiger partial charge in [-0.3, -0.25) is 5.32 Å². The summed E-state index contributed by atoms with van der Waals surface area (Å²) < 4.78 is 1.10. The quantitative estimate of drug-likeness (QED) is 0.822. The maximum Gasteiger partial charge on any atom is 0.0688 e. The lowest BCUT2D eigenvalue weighted by molar-refractivity contribution is 0.512. The number of benzene rings is 1. The first-order chi connectivity index (χ1) is 7.17. The molecule has 0 fully saturated rings. The van der Waals surface area contributed by atoms with Gasteiger partial charge in [0.25, 0.3) is 0 Å². The lowest BCUT2D eigenvalue weighted by Crippen LogP contribution is -2.29. The van der Waals surface area contributed by atoms with Crippen LogP contribution in [0.2, 0.25) is 0 Å². The van der Waals surface area contributed by atoms with E-state index < -0.39 is 0 Å². The summed E-state index contributed by atoms with van der Waals surface area (Å²) in [4.78, 5) is 0. The van der Waals surface area contributed by atoms with Crippen LogP contribution >= 0.6 is 15.9 Å². The molecule has 2 atom stereocenters. The highest BCUT2D eigenvalue weighted by Gasteiger charge is 2.09. The van der Waals surface area contributed by atoms with Crippen molar-refractivity contribution in [3.63, 3.8) is 0 Å². The van der Waals surface area contributed by atoms with Crippen LogP contribution in [-0.2, 0) is 0 Å². The molecule has 2 heteroatoms. The van der Waals surface area contributed by atoms with E-state index in [1.807, 2.05) is 12.1 Å². The lowest BCUT2D eigenvalue weighted by atomic mass is 10.1. The van der Waals surface area contributed by atoms with Crippen molar-refractivity contribution in [2.24, 2.45) is 0 Å². The average molecular weight is 266 g/mol. The number of terminal acetylenes is 1. The molecule has 0 spiro atoms. The first-order valence-corrected chi connectivity index (χ1v) is 5.94. The van der Waals surface area contributed by atoms with E-state index in [1.165, 1.54) is 5.56 Å². The van der Waals surface area contributed by atoms with E-state index in [9.17, 15) is 0 Å².